The Bertz CT molecular complexity index is 483. The molecule has 0 aliphatic rings. The zero-order valence-electron chi connectivity index (χ0n) is 10.4. The van der Waals surface area contributed by atoms with Crippen molar-refractivity contribution in [1.82, 2.24) is 0 Å². The van der Waals surface area contributed by atoms with Gasteiger partial charge in [-0.15, -0.1) is 11.3 Å². The molecule has 96 valence electrons. The van der Waals surface area contributed by atoms with Crippen molar-refractivity contribution in [2.75, 3.05) is 13.7 Å². The van der Waals surface area contributed by atoms with E-state index in [-0.39, 0.29) is 0 Å². The number of hydrogen-bond acceptors (Lipinski definition) is 4. The Morgan fingerprint density at radius 1 is 1.28 bits per heavy atom. The van der Waals surface area contributed by atoms with Crippen LogP contribution in [0.5, 0.6) is 11.5 Å². The van der Waals surface area contributed by atoms with Crippen LogP contribution in [0.3, 0.4) is 0 Å². The van der Waals surface area contributed by atoms with Crippen LogP contribution in [0.4, 0.5) is 0 Å². The number of thiophene rings is 1. The van der Waals surface area contributed by atoms with Crippen LogP contribution in [-0.4, -0.2) is 13.7 Å². The third kappa shape index (κ3) is 3.24. The summed E-state index contributed by atoms with van der Waals surface area (Å²) in [5, 5.41) is 2.08. The van der Waals surface area contributed by atoms with Gasteiger partial charge in [0.1, 0.15) is 11.5 Å². The normalized spacial score (nSPS) is 10.3. The molecule has 0 saturated carbocycles. The number of benzene rings is 1. The van der Waals surface area contributed by atoms with E-state index in [1.807, 2.05) is 18.2 Å². The quantitative estimate of drug-likeness (QED) is 0.871. The first-order chi connectivity index (χ1) is 8.83. The molecule has 0 aliphatic carbocycles. The number of methoxy groups -OCH3 is 1. The molecule has 18 heavy (non-hydrogen) atoms. The largest absolute Gasteiger partial charge is 0.497 e. The predicted octanol–water partition coefficient (Wildman–Crippen LogP) is 2.84. The van der Waals surface area contributed by atoms with E-state index in [4.69, 9.17) is 15.2 Å². The molecule has 2 rings (SSSR count). The molecule has 0 spiro atoms. The van der Waals surface area contributed by atoms with Gasteiger partial charge in [-0.05, 0) is 17.5 Å². The number of ether oxygens (including phenoxy) is 2. The van der Waals surface area contributed by atoms with Crippen molar-refractivity contribution in [1.29, 1.82) is 0 Å². The van der Waals surface area contributed by atoms with E-state index in [0.29, 0.717) is 13.2 Å². The molecule has 0 amide bonds. The summed E-state index contributed by atoms with van der Waals surface area (Å²) in [7, 11) is 1.65. The van der Waals surface area contributed by atoms with Crippen LogP contribution < -0.4 is 15.2 Å². The maximum Gasteiger partial charge on any atom is 0.127 e. The molecule has 0 aliphatic heterocycles. The zero-order valence-corrected chi connectivity index (χ0v) is 11.2. The van der Waals surface area contributed by atoms with Crippen LogP contribution in [0.15, 0.2) is 35.7 Å². The van der Waals surface area contributed by atoms with Crippen LogP contribution in [0.1, 0.15) is 10.4 Å². The summed E-state index contributed by atoms with van der Waals surface area (Å²) in [6.07, 6.45) is 0.916. The van der Waals surface area contributed by atoms with Gasteiger partial charge in [-0.25, -0.2) is 0 Å². The lowest BCUT2D eigenvalue weighted by Gasteiger charge is -2.11. The third-order valence-corrected chi connectivity index (χ3v) is 3.62. The minimum absolute atomic E-state index is 0.471. The smallest absolute Gasteiger partial charge is 0.127 e. The maximum absolute atomic E-state index is 5.79. The van der Waals surface area contributed by atoms with Crippen LogP contribution in [0.2, 0.25) is 0 Å². The number of nitrogens with two attached hydrogens (primary N) is 1. The molecule has 3 nitrogen and oxygen atoms in total. The minimum Gasteiger partial charge on any atom is -0.497 e. The summed E-state index contributed by atoms with van der Waals surface area (Å²) in [5.41, 5.74) is 6.69. The average molecular weight is 263 g/mol. The van der Waals surface area contributed by atoms with Gasteiger partial charge in [0.05, 0.1) is 13.7 Å². The highest BCUT2D eigenvalue weighted by Gasteiger charge is 2.05. The molecule has 0 atom stereocenters. The van der Waals surface area contributed by atoms with Gasteiger partial charge in [-0.3, -0.25) is 0 Å². The summed E-state index contributed by atoms with van der Waals surface area (Å²) < 4.78 is 11.0. The Balaban J connectivity index is 1.98. The Hall–Kier alpha value is -1.52. The van der Waals surface area contributed by atoms with Crippen molar-refractivity contribution >= 4 is 11.3 Å². The van der Waals surface area contributed by atoms with Crippen molar-refractivity contribution in [2.45, 2.75) is 13.0 Å². The lowest BCUT2D eigenvalue weighted by atomic mass is 10.2. The second-order valence-corrected chi connectivity index (χ2v) is 4.89. The zero-order chi connectivity index (χ0) is 12.8. The van der Waals surface area contributed by atoms with Crippen LogP contribution in [-0.2, 0) is 13.0 Å². The molecular formula is C14H17NO2S. The van der Waals surface area contributed by atoms with E-state index >= 15 is 0 Å². The summed E-state index contributed by atoms with van der Waals surface area (Å²) in [6.45, 7) is 1.12. The molecular weight excluding hydrogens is 246 g/mol. The monoisotopic (exact) mass is 263 g/mol. The van der Waals surface area contributed by atoms with E-state index in [0.717, 1.165) is 23.5 Å². The summed E-state index contributed by atoms with van der Waals surface area (Å²) >= 11 is 1.75. The lowest BCUT2D eigenvalue weighted by Crippen LogP contribution is -2.05. The predicted molar refractivity (Wildman–Crippen MR) is 74.4 cm³/mol. The molecule has 4 heteroatoms. The highest BCUT2D eigenvalue weighted by atomic mass is 32.1. The fraction of sp³-hybridized carbons (Fsp3) is 0.286. The number of rotatable bonds is 6. The van der Waals surface area contributed by atoms with E-state index in [2.05, 4.69) is 17.5 Å². The van der Waals surface area contributed by atoms with Crippen molar-refractivity contribution in [2.24, 2.45) is 5.73 Å². The van der Waals surface area contributed by atoms with Gasteiger partial charge in [0.2, 0.25) is 0 Å². The lowest BCUT2D eigenvalue weighted by molar-refractivity contribution is 0.316. The Morgan fingerprint density at radius 3 is 2.83 bits per heavy atom. The van der Waals surface area contributed by atoms with Gasteiger partial charge >= 0.3 is 0 Å². The molecule has 2 N–H and O–H groups in total. The van der Waals surface area contributed by atoms with Crippen molar-refractivity contribution in [3.05, 3.63) is 46.2 Å². The van der Waals surface area contributed by atoms with Crippen LogP contribution in [0, 0.1) is 0 Å². The molecule has 0 saturated heterocycles. The fourth-order valence-electron chi connectivity index (χ4n) is 1.68. The first kappa shape index (κ1) is 12.9. The van der Waals surface area contributed by atoms with Crippen molar-refractivity contribution < 1.29 is 9.47 Å². The highest BCUT2D eigenvalue weighted by molar-refractivity contribution is 7.09. The van der Waals surface area contributed by atoms with Gasteiger partial charge in [-0.1, -0.05) is 12.1 Å². The molecule has 0 bridgehead atoms. The summed E-state index contributed by atoms with van der Waals surface area (Å²) in [6, 6.07) is 9.89. The second kappa shape index (κ2) is 6.42. The average Bonchev–Trinajstić information content (AvgIpc) is 2.92. The van der Waals surface area contributed by atoms with Crippen LogP contribution >= 0.6 is 11.3 Å². The highest BCUT2D eigenvalue weighted by Crippen LogP contribution is 2.24. The first-order valence-corrected chi connectivity index (χ1v) is 6.73. The van der Waals surface area contributed by atoms with E-state index in [1.54, 1.807) is 18.4 Å². The molecule has 1 aromatic carbocycles. The van der Waals surface area contributed by atoms with Gasteiger partial charge in [-0.2, -0.15) is 0 Å². The van der Waals surface area contributed by atoms with Crippen LogP contribution in [0.25, 0.3) is 0 Å². The minimum atomic E-state index is 0.471. The Morgan fingerprint density at radius 2 is 2.17 bits per heavy atom. The summed E-state index contributed by atoms with van der Waals surface area (Å²) in [5.74, 6) is 1.60. The Kier molecular flexibility index (Phi) is 4.61. The first-order valence-electron chi connectivity index (χ1n) is 5.85. The number of hydrogen-bond donors (Lipinski definition) is 1. The molecule has 1 heterocycles. The molecule has 0 fully saturated rings. The second-order valence-electron chi connectivity index (χ2n) is 3.86. The molecule has 0 unspecified atom stereocenters. The van der Waals surface area contributed by atoms with Gasteiger partial charge < -0.3 is 15.2 Å². The standard InChI is InChI=1S/C14H17NO2S/c1-16-12-5-4-11(10-15)14(9-12)17-7-6-13-3-2-8-18-13/h2-5,8-9H,6-7,10,15H2,1H3. The van der Waals surface area contributed by atoms with Gasteiger partial charge in [0.15, 0.2) is 0 Å². The van der Waals surface area contributed by atoms with Crippen molar-refractivity contribution in [3.63, 3.8) is 0 Å². The topological polar surface area (TPSA) is 44.5 Å². The third-order valence-electron chi connectivity index (χ3n) is 2.68. The van der Waals surface area contributed by atoms with Gasteiger partial charge in [0, 0.05) is 29.5 Å². The molecule has 2 aromatic rings. The van der Waals surface area contributed by atoms with E-state index in [9.17, 15) is 0 Å². The van der Waals surface area contributed by atoms with E-state index in [1.165, 1.54) is 4.88 Å². The van der Waals surface area contributed by atoms with E-state index < -0.39 is 0 Å². The maximum atomic E-state index is 5.79. The SMILES string of the molecule is COc1ccc(CN)c(OCCc2cccs2)c1. The molecule has 0 radical (unpaired) electrons. The Labute approximate surface area is 111 Å². The fourth-order valence-corrected chi connectivity index (χ4v) is 2.37. The van der Waals surface area contributed by atoms with Crippen molar-refractivity contribution in [3.8, 4) is 11.5 Å². The van der Waals surface area contributed by atoms with Gasteiger partial charge in [0.25, 0.3) is 0 Å². The summed E-state index contributed by atoms with van der Waals surface area (Å²) in [4.78, 5) is 1.33. The molecule has 1 aromatic heterocycles.